The van der Waals surface area contributed by atoms with Crippen LogP contribution in [0.15, 0.2) is 47.3 Å². The zero-order chi connectivity index (χ0) is 15.5. The molecule has 0 radical (unpaired) electrons. The average Bonchev–Trinajstić information content (AvgIpc) is 2.89. The van der Waals surface area contributed by atoms with Crippen LogP contribution in [0, 0.1) is 0 Å². The number of nitrogens with zero attached hydrogens (tertiary/aromatic N) is 2. The number of para-hydroxylation sites is 1. The Morgan fingerprint density at radius 2 is 1.95 bits per heavy atom. The highest BCUT2D eigenvalue weighted by Gasteiger charge is 2.31. The summed E-state index contributed by atoms with van der Waals surface area (Å²) in [5.41, 5.74) is 0.555. The predicted octanol–water partition coefficient (Wildman–Crippen LogP) is 0.305. The fraction of sp³-hybridized carbons (Fsp3) is 0.200. The number of hydrogen-bond donors (Lipinski definition) is 2. The van der Waals surface area contributed by atoms with Gasteiger partial charge in [0.2, 0.25) is 5.91 Å². The van der Waals surface area contributed by atoms with Crippen molar-refractivity contribution in [1.29, 1.82) is 0 Å². The summed E-state index contributed by atoms with van der Waals surface area (Å²) < 4.78 is 0. The Morgan fingerprint density at radius 3 is 2.64 bits per heavy atom. The minimum Gasteiger partial charge on any atom is -0.346 e. The van der Waals surface area contributed by atoms with E-state index in [0.29, 0.717) is 6.54 Å². The van der Waals surface area contributed by atoms with Crippen LogP contribution < -0.4 is 15.8 Å². The standard InChI is InChI=1S/C15H14N4O3/c20-13-7-6-12(17-18-13)15(22)16-10-8-14(21)19(9-10)11-4-2-1-3-5-11/h1-7,10H,8-9H2,(H,16,22)(H,18,20). The molecule has 1 aromatic carbocycles. The molecule has 1 saturated heterocycles. The second kappa shape index (κ2) is 5.80. The highest BCUT2D eigenvalue weighted by atomic mass is 16.2. The summed E-state index contributed by atoms with van der Waals surface area (Å²) >= 11 is 0. The molecule has 7 heteroatoms. The molecule has 1 aliphatic heterocycles. The molecule has 0 saturated carbocycles. The van der Waals surface area contributed by atoms with E-state index in [1.807, 2.05) is 30.3 Å². The molecule has 2 aromatic rings. The van der Waals surface area contributed by atoms with Crippen molar-refractivity contribution in [3.63, 3.8) is 0 Å². The van der Waals surface area contributed by atoms with Crippen LogP contribution >= 0.6 is 0 Å². The van der Waals surface area contributed by atoms with Crippen molar-refractivity contribution in [3.8, 4) is 0 Å². The van der Waals surface area contributed by atoms with Crippen LogP contribution in [0.5, 0.6) is 0 Å². The van der Waals surface area contributed by atoms with Crippen molar-refractivity contribution in [2.24, 2.45) is 0 Å². The van der Waals surface area contributed by atoms with E-state index in [4.69, 9.17) is 0 Å². The second-order valence-corrected chi connectivity index (χ2v) is 5.02. The number of amides is 2. The third-order valence-corrected chi connectivity index (χ3v) is 3.44. The number of H-pyrrole nitrogens is 1. The number of carbonyl (C=O) groups is 2. The first-order chi connectivity index (χ1) is 10.6. The maximum absolute atomic E-state index is 12.1. The van der Waals surface area contributed by atoms with Gasteiger partial charge in [-0.15, -0.1) is 0 Å². The number of aromatic amines is 1. The number of benzene rings is 1. The minimum atomic E-state index is -0.413. The lowest BCUT2D eigenvalue weighted by Gasteiger charge is -2.17. The van der Waals surface area contributed by atoms with E-state index in [0.717, 1.165) is 5.69 Å². The molecule has 2 N–H and O–H groups in total. The van der Waals surface area contributed by atoms with E-state index < -0.39 is 5.91 Å². The first-order valence-electron chi connectivity index (χ1n) is 6.85. The molecule has 0 spiro atoms. The molecule has 7 nitrogen and oxygen atoms in total. The second-order valence-electron chi connectivity index (χ2n) is 5.02. The van der Waals surface area contributed by atoms with Gasteiger partial charge in [0.25, 0.3) is 11.5 Å². The minimum absolute atomic E-state index is 0.0362. The fourth-order valence-electron chi connectivity index (χ4n) is 2.39. The van der Waals surface area contributed by atoms with Gasteiger partial charge >= 0.3 is 0 Å². The summed E-state index contributed by atoms with van der Waals surface area (Å²) in [5.74, 6) is -0.449. The molecule has 1 atom stereocenters. The average molecular weight is 298 g/mol. The highest BCUT2D eigenvalue weighted by Crippen LogP contribution is 2.21. The molecule has 0 bridgehead atoms. The van der Waals surface area contributed by atoms with Gasteiger partial charge in [-0.3, -0.25) is 14.4 Å². The summed E-state index contributed by atoms with van der Waals surface area (Å²) in [6, 6.07) is 11.6. The van der Waals surface area contributed by atoms with E-state index in [9.17, 15) is 14.4 Å². The smallest absolute Gasteiger partial charge is 0.272 e. The molecule has 112 valence electrons. The summed E-state index contributed by atoms with van der Waals surface area (Å²) in [6.07, 6.45) is 0.240. The molecule has 22 heavy (non-hydrogen) atoms. The SMILES string of the molecule is O=C(NC1CC(=O)N(c2ccccc2)C1)c1ccc(=O)[nH]n1. The monoisotopic (exact) mass is 298 g/mol. The van der Waals surface area contributed by atoms with E-state index in [1.165, 1.54) is 12.1 Å². The number of carbonyl (C=O) groups excluding carboxylic acids is 2. The summed E-state index contributed by atoms with van der Waals surface area (Å²) in [4.78, 5) is 36.7. The van der Waals surface area contributed by atoms with Crippen molar-refractivity contribution < 1.29 is 9.59 Å². The fourth-order valence-corrected chi connectivity index (χ4v) is 2.39. The lowest BCUT2D eigenvalue weighted by molar-refractivity contribution is -0.117. The number of hydrogen-bond acceptors (Lipinski definition) is 4. The zero-order valence-corrected chi connectivity index (χ0v) is 11.7. The predicted molar refractivity (Wildman–Crippen MR) is 79.5 cm³/mol. The Bertz CT molecular complexity index is 736. The van der Waals surface area contributed by atoms with Crippen molar-refractivity contribution in [1.82, 2.24) is 15.5 Å². The first kappa shape index (κ1) is 14.0. The van der Waals surface area contributed by atoms with Crippen molar-refractivity contribution in [2.45, 2.75) is 12.5 Å². The van der Waals surface area contributed by atoms with Crippen LogP contribution in [0.3, 0.4) is 0 Å². The van der Waals surface area contributed by atoms with Gasteiger partial charge in [-0.05, 0) is 18.2 Å². The lowest BCUT2D eigenvalue weighted by Crippen LogP contribution is -2.37. The van der Waals surface area contributed by atoms with Gasteiger partial charge in [0.05, 0.1) is 6.04 Å². The van der Waals surface area contributed by atoms with E-state index in [1.54, 1.807) is 4.90 Å². The molecular formula is C15H14N4O3. The maximum Gasteiger partial charge on any atom is 0.272 e. The van der Waals surface area contributed by atoms with Crippen LogP contribution in [0.1, 0.15) is 16.9 Å². The third kappa shape index (κ3) is 2.88. The summed E-state index contributed by atoms with van der Waals surface area (Å²) in [7, 11) is 0. The molecular weight excluding hydrogens is 284 g/mol. The van der Waals surface area contributed by atoms with Crippen LogP contribution in [0.2, 0.25) is 0 Å². The van der Waals surface area contributed by atoms with Gasteiger partial charge in [-0.25, -0.2) is 5.10 Å². The summed E-state index contributed by atoms with van der Waals surface area (Å²) in [5, 5.41) is 8.63. The van der Waals surface area contributed by atoms with Gasteiger partial charge in [0.1, 0.15) is 5.69 Å². The number of aromatic nitrogens is 2. The molecule has 1 fully saturated rings. The Morgan fingerprint density at radius 1 is 1.18 bits per heavy atom. The molecule has 2 amide bonds. The van der Waals surface area contributed by atoms with Gasteiger partial charge < -0.3 is 10.2 Å². The molecule has 3 rings (SSSR count). The van der Waals surface area contributed by atoms with Crippen molar-refractivity contribution in [2.75, 3.05) is 11.4 Å². The Labute approximate surface area is 126 Å². The normalized spacial score (nSPS) is 17.5. The van der Waals surface area contributed by atoms with Crippen LogP contribution in [0.25, 0.3) is 0 Å². The Hall–Kier alpha value is -2.96. The maximum atomic E-state index is 12.1. The quantitative estimate of drug-likeness (QED) is 0.852. The molecule has 2 heterocycles. The van der Waals surface area contributed by atoms with Gasteiger partial charge in [-0.2, -0.15) is 5.10 Å². The number of nitrogens with one attached hydrogen (secondary N) is 2. The van der Waals surface area contributed by atoms with Gasteiger partial charge in [-0.1, -0.05) is 18.2 Å². The number of rotatable bonds is 3. The topological polar surface area (TPSA) is 95.2 Å². The van der Waals surface area contributed by atoms with Gasteiger partial charge in [0.15, 0.2) is 0 Å². The lowest BCUT2D eigenvalue weighted by atomic mass is 10.2. The van der Waals surface area contributed by atoms with Crippen molar-refractivity contribution >= 4 is 17.5 Å². The van der Waals surface area contributed by atoms with Gasteiger partial charge in [0, 0.05) is 24.7 Å². The van der Waals surface area contributed by atoms with Crippen molar-refractivity contribution in [3.05, 3.63) is 58.5 Å². The van der Waals surface area contributed by atoms with E-state index in [2.05, 4.69) is 15.5 Å². The largest absolute Gasteiger partial charge is 0.346 e. The van der Waals surface area contributed by atoms with Crippen LogP contribution in [-0.4, -0.2) is 34.6 Å². The number of anilines is 1. The Balaban J connectivity index is 1.67. The van der Waals surface area contributed by atoms with E-state index >= 15 is 0 Å². The molecule has 1 unspecified atom stereocenters. The molecule has 0 aliphatic carbocycles. The van der Waals surface area contributed by atoms with Crippen LogP contribution in [0.4, 0.5) is 5.69 Å². The molecule has 1 aromatic heterocycles. The Kier molecular flexibility index (Phi) is 3.69. The first-order valence-corrected chi connectivity index (χ1v) is 6.85. The highest BCUT2D eigenvalue weighted by molar-refractivity contribution is 5.98. The summed E-state index contributed by atoms with van der Waals surface area (Å²) in [6.45, 7) is 0.415. The zero-order valence-electron chi connectivity index (χ0n) is 11.7. The van der Waals surface area contributed by atoms with Crippen LogP contribution in [-0.2, 0) is 4.79 Å². The van der Waals surface area contributed by atoms with E-state index in [-0.39, 0.29) is 29.6 Å². The third-order valence-electron chi connectivity index (χ3n) is 3.44. The molecule has 1 aliphatic rings.